The van der Waals surface area contributed by atoms with Gasteiger partial charge >= 0.3 is 5.97 Å². The van der Waals surface area contributed by atoms with Crippen molar-refractivity contribution in [3.05, 3.63) is 65.7 Å². The molecule has 0 spiro atoms. The number of carbonyl (C=O) groups is 1. The van der Waals surface area contributed by atoms with E-state index in [9.17, 15) is 13.2 Å². The fraction of sp³-hybridized carbons (Fsp3) is 0.176. The van der Waals surface area contributed by atoms with Crippen molar-refractivity contribution in [3.8, 4) is 0 Å². The number of carboxylic acid groups (broad SMARTS) is 1. The van der Waals surface area contributed by atoms with E-state index in [0.29, 0.717) is 11.3 Å². The van der Waals surface area contributed by atoms with Gasteiger partial charge in [-0.25, -0.2) is 0 Å². The molecule has 0 amide bonds. The third-order valence-corrected chi connectivity index (χ3v) is 4.54. The molecule has 0 atom stereocenters. The van der Waals surface area contributed by atoms with Gasteiger partial charge in [0.1, 0.15) is 0 Å². The Morgan fingerprint density at radius 2 is 1.67 bits per heavy atom. The molecular formula is C17H18N2O4S. The van der Waals surface area contributed by atoms with E-state index in [2.05, 4.69) is 9.93 Å². The predicted molar refractivity (Wildman–Crippen MR) is 91.3 cm³/mol. The topological polar surface area (TPSA) is 95.8 Å². The molecule has 2 aromatic carbocycles. The first-order valence-electron chi connectivity index (χ1n) is 7.31. The highest BCUT2D eigenvalue weighted by Crippen LogP contribution is 2.11. The van der Waals surface area contributed by atoms with E-state index in [1.54, 1.807) is 36.4 Å². The number of nitrogens with zero attached hydrogens (tertiary/aromatic N) is 1. The summed E-state index contributed by atoms with van der Waals surface area (Å²) in [6.07, 6.45) is -0.0181. The standard InChI is InChI=1S/C17H18N2O4S/c1-13-7-9-15(10-8-13)24(22,23)19-18-16(11-12-17(20)21)14-5-3-2-4-6-14/h2-10,19H,11-12H2,1H3,(H,20,21)/b18-16+. The number of rotatable bonds is 7. The molecule has 2 rings (SSSR count). The van der Waals surface area contributed by atoms with Crippen LogP contribution in [-0.2, 0) is 14.8 Å². The van der Waals surface area contributed by atoms with Crippen LogP contribution in [0.1, 0.15) is 24.0 Å². The van der Waals surface area contributed by atoms with E-state index in [1.165, 1.54) is 12.1 Å². The summed E-state index contributed by atoms with van der Waals surface area (Å²) in [6.45, 7) is 1.86. The number of carboxylic acids is 1. The highest BCUT2D eigenvalue weighted by molar-refractivity contribution is 7.89. The Balaban J connectivity index is 2.25. The van der Waals surface area contributed by atoms with E-state index >= 15 is 0 Å². The maximum absolute atomic E-state index is 12.3. The van der Waals surface area contributed by atoms with Gasteiger partial charge in [-0.3, -0.25) is 4.79 Å². The first kappa shape index (κ1) is 17.7. The van der Waals surface area contributed by atoms with Crippen LogP contribution in [0.4, 0.5) is 0 Å². The maximum Gasteiger partial charge on any atom is 0.303 e. The molecule has 0 fully saturated rings. The number of benzene rings is 2. The van der Waals surface area contributed by atoms with E-state index < -0.39 is 16.0 Å². The summed E-state index contributed by atoms with van der Waals surface area (Å²) in [6, 6.07) is 15.2. The number of hydrogen-bond acceptors (Lipinski definition) is 4. The third kappa shape index (κ3) is 4.92. The summed E-state index contributed by atoms with van der Waals surface area (Å²) in [5.41, 5.74) is 1.99. The van der Waals surface area contributed by atoms with Gasteiger partial charge < -0.3 is 5.11 Å². The van der Waals surface area contributed by atoms with Crippen molar-refractivity contribution in [2.24, 2.45) is 5.10 Å². The van der Waals surface area contributed by atoms with Crippen LogP contribution >= 0.6 is 0 Å². The second-order valence-electron chi connectivity index (χ2n) is 5.23. The Morgan fingerprint density at radius 3 is 2.25 bits per heavy atom. The number of aryl methyl sites for hydroxylation is 1. The number of hydrazone groups is 1. The Hall–Kier alpha value is -2.67. The molecule has 0 saturated carbocycles. The monoisotopic (exact) mass is 346 g/mol. The van der Waals surface area contributed by atoms with E-state index in [-0.39, 0.29) is 17.7 Å². The number of aliphatic carboxylic acids is 1. The van der Waals surface area contributed by atoms with Crippen LogP contribution in [-0.4, -0.2) is 25.2 Å². The summed E-state index contributed by atoms with van der Waals surface area (Å²) in [5.74, 6) is -0.972. The number of hydrogen-bond donors (Lipinski definition) is 2. The van der Waals surface area contributed by atoms with Gasteiger partial charge in [0.2, 0.25) is 0 Å². The summed E-state index contributed by atoms with van der Waals surface area (Å²) < 4.78 is 24.6. The molecule has 24 heavy (non-hydrogen) atoms. The van der Waals surface area contributed by atoms with Crippen molar-refractivity contribution < 1.29 is 18.3 Å². The fourth-order valence-electron chi connectivity index (χ4n) is 2.01. The Bertz CT molecular complexity index is 829. The van der Waals surface area contributed by atoms with Crippen LogP contribution in [0.2, 0.25) is 0 Å². The average molecular weight is 346 g/mol. The zero-order valence-corrected chi connectivity index (χ0v) is 14.0. The zero-order chi connectivity index (χ0) is 17.6. The quantitative estimate of drug-likeness (QED) is 0.595. The van der Waals surface area contributed by atoms with Crippen LogP contribution in [0.15, 0.2) is 64.6 Å². The summed E-state index contributed by atoms with van der Waals surface area (Å²) >= 11 is 0. The van der Waals surface area contributed by atoms with Gasteiger partial charge in [-0.15, -0.1) is 0 Å². The largest absolute Gasteiger partial charge is 0.481 e. The van der Waals surface area contributed by atoms with Crippen molar-refractivity contribution >= 4 is 21.7 Å². The summed E-state index contributed by atoms with van der Waals surface area (Å²) in [5, 5.41) is 12.8. The Morgan fingerprint density at radius 1 is 1.04 bits per heavy atom. The lowest BCUT2D eigenvalue weighted by molar-refractivity contribution is -0.136. The lowest BCUT2D eigenvalue weighted by Gasteiger charge is -2.08. The molecule has 0 saturated heterocycles. The smallest absolute Gasteiger partial charge is 0.303 e. The predicted octanol–water partition coefficient (Wildman–Crippen LogP) is 2.54. The molecule has 0 aromatic heterocycles. The molecule has 2 N–H and O–H groups in total. The molecule has 0 unspecified atom stereocenters. The molecule has 126 valence electrons. The summed E-state index contributed by atoms with van der Waals surface area (Å²) in [4.78, 5) is 13.1. The fourth-order valence-corrected chi connectivity index (χ4v) is 2.84. The molecule has 0 radical (unpaired) electrons. The average Bonchev–Trinajstić information content (AvgIpc) is 2.56. The SMILES string of the molecule is Cc1ccc(S(=O)(=O)N/N=C(\CCC(=O)O)c2ccccc2)cc1. The second-order valence-corrected chi connectivity index (χ2v) is 6.89. The van der Waals surface area contributed by atoms with Crippen LogP contribution < -0.4 is 4.83 Å². The van der Waals surface area contributed by atoms with Crippen LogP contribution in [0, 0.1) is 6.92 Å². The normalized spacial score (nSPS) is 12.0. The minimum Gasteiger partial charge on any atom is -0.481 e. The lowest BCUT2D eigenvalue weighted by Crippen LogP contribution is -2.21. The molecule has 0 bridgehead atoms. The molecule has 0 aliphatic heterocycles. The summed E-state index contributed by atoms with van der Waals surface area (Å²) in [7, 11) is -3.80. The third-order valence-electron chi connectivity index (χ3n) is 3.31. The maximum atomic E-state index is 12.3. The second kappa shape index (κ2) is 7.74. The van der Waals surface area contributed by atoms with Gasteiger partial charge in [0.05, 0.1) is 17.0 Å². The van der Waals surface area contributed by atoms with Gasteiger partial charge in [-0.2, -0.15) is 18.4 Å². The molecule has 2 aromatic rings. The van der Waals surface area contributed by atoms with Gasteiger partial charge in [-0.1, -0.05) is 48.0 Å². The Labute approximate surface area is 140 Å². The molecule has 0 heterocycles. The van der Waals surface area contributed by atoms with Gasteiger partial charge in [0.15, 0.2) is 0 Å². The van der Waals surface area contributed by atoms with Crippen molar-refractivity contribution in [2.75, 3.05) is 0 Å². The minimum absolute atomic E-state index is 0.0995. The molecule has 7 heteroatoms. The highest BCUT2D eigenvalue weighted by Gasteiger charge is 2.14. The van der Waals surface area contributed by atoms with Crippen molar-refractivity contribution in [3.63, 3.8) is 0 Å². The van der Waals surface area contributed by atoms with Crippen LogP contribution in [0.25, 0.3) is 0 Å². The van der Waals surface area contributed by atoms with E-state index in [4.69, 9.17) is 5.11 Å². The van der Waals surface area contributed by atoms with E-state index in [0.717, 1.165) is 5.56 Å². The molecule has 0 aliphatic rings. The van der Waals surface area contributed by atoms with Gasteiger partial charge in [0, 0.05) is 6.42 Å². The zero-order valence-electron chi connectivity index (χ0n) is 13.1. The van der Waals surface area contributed by atoms with Crippen LogP contribution in [0.5, 0.6) is 0 Å². The minimum atomic E-state index is -3.80. The number of sulfonamides is 1. The first-order chi connectivity index (χ1) is 11.4. The number of nitrogens with one attached hydrogen (secondary N) is 1. The van der Waals surface area contributed by atoms with Crippen molar-refractivity contribution in [2.45, 2.75) is 24.7 Å². The van der Waals surface area contributed by atoms with Gasteiger partial charge in [0.25, 0.3) is 10.0 Å². The van der Waals surface area contributed by atoms with E-state index in [1.807, 2.05) is 13.0 Å². The van der Waals surface area contributed by atoms with Gasteiger partial charge in [-0.05, 0) is 24.6 Å². The van der Waals surface area contributed by atoms with Crippen molar-refractivity contribution in [1.29, 1.82) is 0 Å². The molecule has 6 nitrogen and oxygen atoms in total. The Kier molecular flexibility index (Phi) is 5.70. The molecular weight excluding hydrogens is 328 g/mol. The molecule has 0 aliphatic carbocycles. The first-order valence-corrected chi connectivity index (χ1v) is 8.79. The van der Waals surface area contributed by atoms with Crippen LogP contribution in [0.3, 0.4) is 0 Å². The lowest BCUT2D eigenvalue weighted by atomic mass is 10.1. The van der Waals surface area contributed by atoms with Crippen molar-refractivity contribution in [1.82, 2.24) is 4.83 Å². The highest BCUT2D eigenvalue weighted by atomic mass is 32.2.